The lowest BCUT2D eigenvalue weighted by Crippen LogP contribution is -2.36. The molecule has 2 unspecified atom stereocenters. The van der Waals surface area contributed by atoms with Crippen LogP contribution in [0.1, 0.15) is 44.3 Å². The molecule has 3 rings (SSSR count). The van der Waals surface area contributed by atoms with Crippen LogP contribution in [0.2, 0.25) is 0 Å². The fourth-order valence-corrected chi connectivity index (χ4v) is 3.43. The highest BCUT2D eigenvalue weighted by molar-refractivity contribution is 4.92. The molecular weight excluding hydrogens is 222 g/mol. The van der Waals surface area contributed by atoms with Gasteiger partial charge in [0.1, 0.15) is 5.82 Å². The van der Waals surface area contributed by atoms with E-state index in [1.807, 2.05) is 12.4 Å². The number of imidazole rings is 1. The van der Waals surface area contributed by atoms with Crippen molar-refractivity contribution in [1.29, 1.82) is 0 Å². The maximum absolute atomic E-state index is 4.37. The minimum absolute atomic E-state index is 0.768. The first-order chi connectivity index (χ1) is 8.83. The second-order valence-corrected chi connectivity index (χ2v) is 6.12. The van der Waals surface area contributed by atoms with E-state index in [1.165, 1.54) is 44.3 Å². The van der Waals surface area contributed by atoms with E-state index in [9.17, 15) is 0 Å². The minimum atomic E-state index is 0.768. The summed E-state index contributed by atoms with van der Waals surface area (Å²) in [5, 5.41) is 3.75. The average molecular weight is 247 g/mol. The van der Waals surface area contributed by atoms with Crippen LogP contribution >= 0.6 is 0 Å². The van der Waals surface area contributed by atoms with Gasteiger partial charge in [-0.25, -0.2) is 4.98 Å². The molecule has 0 radical (unpaired) electrons. The van der Waals surface area contributed by atoms with Gasteiger partial charge in [0.2, 0.25) is 0 Å². The topological polar surface area (TPSA) is 29.9 Å². The SMILES string of the molecule is Cn1ccnc1CCNC1CCCC(C2CC2)C1. The Bertz CT molecular complexity index is 381. The second-order valence-electron chi connectivity index (χ2n) is 6.12. The molecule has 0 aromatic carbocycles. The number of aryl methyl sites for hydroxylation is 1. The van der Waals surface area contributed by atoms with Crippen molar-refractivity contribution in [2.75, 3.05) is 6.54 Å². The molecule has 1 aromatic rings. The third-order valence-electron chi connectivity index (χ3n) is 4.71. The molecule has 0 bridgehead atoms. The number of hydrogen-bond acceptors (Lipinski definition) is 2. The zero-order valence-corrected chi connectivity index (χ0v) is 11.4. The van der Waals surface area contributed by atoms with Crippen molar-refractivity contribution in [3.05, 3.63) is 18.2 Å². The quantitative estimate of drug-likeness (QED) is 0.866. The van der Waals surface area contributed by atoms with Gasteiger partial charge < -0.3 is 9.88 Å². The maximum Gasteiger partial charge on any atom is 0.109 e. The fraction of sp³-hybridized carbons (Fsp3) is 0.800. The third-order valence-corrected chi connectivity index (χ3v) is 4.71. The van der Waals surface area contributed by atoms with Crippen molar-refractivity contribution < 1.29 is 0 Å². The Kier molecular flexibility index (Phi) is 3.69. The van der Waals surface area contributed by atoms with Gasteiger partial charge in [0.15, 0.2) is 0 Å². The molecule has 2 fully saturated rings. The van der Waals surface area contributed by atoms with Gasteiger partial charge in [0.25, 0.3) is 0 Å². The maximum atomic E-state index is 4.37. The van der Waals surface area contributed by atoms with E-state index in [0.29, 0.717) is 0 Å². The standard InChI is InChI=1S/C15H25N3/c1-18-10-9-17-15(18)7-8-16-14-4-2-3-13(11-14)12-5-6-12/h9-10,12-14,16H,2-8,11H2,1H3. The van der Waals surface area contributed by atoms with Gasteiger partial charge in [-0.1, -0.05) is 12.8 Å². The predicted molar refractivity (Wildman–Crippen MR) is 73.4 cm³/mol. The Morgan fingerprint density at radius 3 is 2.89 bits per heavy atom. The van der Waals surface area contributed by atoms with Crippen molar-refractivity contribution in [2.24, 2.45) is 18.9 Å². The van der Waals surface area contributed by atoms with E-state index in [1.54, 1.807) is 0 Å². The lowest BCUT2D eigenvalue weighted by molar-refractivity contribution is 0.262. The summed E-state index contributed by atoms with van der Waals surface area (Å²) in [4.78, 5) is 4.37. The van der Waals surface area contributed by atoms with Crippen molar-refractivity contribution in [2.45, 2.75) is 51.0 Å². The molecule has 3 nitrogen and oxygen atoms in total. The lowest BCUT2D eigenvalue weighted by atomic mass is 9.83. The Labute approximate surface area is 110 Å². The van der Waals surface area contributed by atoms with E-state index < -0.39 is 0 Å². The highest BCUT2D eigenvalue weighted by Gasteiger charge is 2.34. The van der Waals surface area contributed by atoms with E-state index in [0.717, 1.165) is 30.8 Å². The summed E-state index contributed by atoms with van der Waals surface area (Å²) in [7, 11) is 2.08. The summed E-state index contributed by atoms with van der Waals surface area (Å²) in [6.45, 7) is 1.08. The van der Waals surface area contributed by atoms with E-state index in [2.05, 4.69) is 21.9 Å². The van der Waals surface area contributed by atoms with Gasteiger partial charge in [0.05, 0.1) is 0 Å². The molecule has 0 aliphatic heterocycles. The molecule has 18 heavy (non-hydrogen) atoms. The summed E-state index contributed by atoms with van der Waals surface area (Å²) in [6, 6.07) is 0.768. The number of hydrogen-bond donors (Lipinski definition) is 1. The Balaban J connectivity index is 1.41. The number of nitrogens with one attached hydrogen (secondary N) is 1. The summed E-state index contributed by atoms with van der Waals surface area (Å²) in [6.07, 6.45) is 13.7. The molecule has 0 saturated heterocycles. The monoisotopic (exact) mass is 247 g/mol. The Morgan fingerprint density at radius 2 is 2.17 bits per heavy atom. The number of rotatable bonds is 5. The molecule has 0 spiro atoms. The number of nitrogens with zero attached hydrogens (tertiary/aromatic N) is 2. The van der Waals surface area contributed by atoms with Crippen LogP contribution in [-0.4, -0.2) is 22.1 Å². The first-order valence-electron chi connectivity index (χ1n) is 7.52. The van der Waals surface area contributed by atoms with Crippen LogP contribution in [0.15, 0.2) is 12.4 Å². The summed E-state index contributed by atoms with van der Waals surface area (Å²) in [5.41, 5.74) is 0. The van der Waals surface area contributed by atoms with Crippen LogP contribution in [-0.2, 0) is 13.5 Å². The summed E-state index contributed by atoms with van der Waals surface area (Å²) >= 11 is 0. The van der Waals surface area contributed by atoms with Crippen LogP contribution in [0, 0.1) is 11.8 Å². The smallest absolute Gasteiger partial charge is 0.109 e. The minimum Gasteiger partial charge on any atom is -0.338 e. The fourth-order valence-electron chi connectivity index (χ4n) is 3.43. The molecule has 2 aliphatic carbocycles. The predicted octanol–water partition coefficient (Wildman–Crippen LogP) is 2.52. The zero-order valence-electron chi connectivity index (χ0n) is 11.4. The van der Waals surface area contributed by atoms with Gasteiger partial charge >= 0.3 is 0 Å². The van der Waals surface area contributed by atoms with Crippen molar-refractivity contribution in [1.82, 2.24) is 14.9 Å². The van der Waals surface area contributed by atoms with E-state index in [-0.39, 0.29) is 0 Å². The second kappa shape index (κ2) is 5.43. The molecule has 2 aliphatic rings. The molecule has 2 atom stereocenters. The molecule has 0 amide bonds. The summed E-state index contributed by atoms with van der Waals surface area (Å²) in [5.74, 6) is 3.31. The zero-order chi connectivity index (χ0) is 12.4. The Morgan fingerprint density at radius 1 is 1.28 bits per heavy atom. The highest BCUT2D eigenvalue weighted by Crippen LogP contribution is 2.43. The third kappa shape index (κ3) is 2.94. The molecule has 1 N–H and O–H groups in total. The normalized spacial score (nSPS) is 28.5. The molecule has 1 aromatic heterocycles. The van der Waals surface area contributed by atoms with Crippen molar-refractivity contribution >= 4 is 0 Å². The van der Waals surface area contributed by atoms with Crippen LogP contribution < -0.4 is 5.32 Å². The van der Waals surface area contributed by atoms with E-state index in [4.69, 9.17) is 0 Å². The van der Waals surface area contributed by atoms with Gasteiger partial charge in [-0.2, -0.15) is 0 Å². The largest absolute Gasteiger partial charge is 0.338 e. The van der Waals surface area contributed by atoms with Crippen molar-refractivity contribution in [3.63, 3.8) is 0 Å². The van der Waals surface area contributed by atoms with Crippen molar-refractivity contribution in [3.8, 4) is 0 Å². The van der Waals surface area contributed by atoms with Gasteiger partial charge in [0, 0.05) is 38.4 Å². The number of aromatic nitrogens is 2. The molecule has 3 heteroatoms. The molecule has 2 saturated carbocycles. The van der Waals surface area contributed by atoms with Crippen LogP contribution in [0.25, 0.3) is 0 Å². The molecular formula is C15H25N3. The Hall–Kier alpha value is -0.830. The van der Waals surface area contributed by atoms with Crippen LogP contribution in [0.4, 0.5) is 0 Å². The van der Waals surface area contributed by atoms with E-state index >= 15 is 0 Å². The highest BCUT2D eigenvalue weighted by atomic mass is 15.0. The molecule has 100 valence electrons. The van der Waals surface area contributed by atoms with Gasteiger partial charge in [-0.15, -0.1) is 0 Å². The summed E-state index contributed by atoms with van der Waals surface area (Å²) < 4.78 is 2.12. The average Bonchev–Trinajstić information content (AvgIpc) is 3.15. The van der Waals surface area contributed by atoms with Gasteiger partial charge in [-0.05, 0) is 37.5 Å². The molecule has 1 heterocycles. The first kappa shape index (κ1) is 12.2. The first-order valence-corrected chi connectivity index (χ1v) is 7.52. The van der Waals surface area contributed by atoms with Crippen LogP contribution in [0.3, 0.4) is 0 Å². The van der Waals surface area contributed by atoms with Gasteiger partial charge in [-0.3, -0.25) is 0 Å². The lowest BCUT2D eigenvalue weighted by Gasteiger charge is -2.30. The van der Waals surface area contributed by atoms with Crippen LogP contribution in [0.5, 0.6) is 0 Å².